The summed E-state index contributed by atoms with van der Waals surface area (Å²) in [6.45, 7) is 7.68. The lowest BCUT2D eigenvalue weighted by Gasteiger charge is -2.36. The van der Waals surface area contributed by atoms with Crippen molar-refractivity contribution in [2.45, 2.75) is 50.9 Å². The summed E-state index contributed by atoms with van der Waals surface area (Å²) in [5.41, 5.74) is 12.3. The van der Waals surface area contributed by atoms with E-state index in [9.17, 15) is 0 Å². The second-order valence-corrected chi connectivity index (χ2v) is 12.9. The first-order valence-electron chi connectivity index (χ1n) is 14.6. The maximum Gasteiger partial charge on any atom is 0.248 e. The monoisotopic (exact) mass is 553 g/mol. The normalized spacial score (nSPS) is 22.2. The van der Waals surface area contributed by atoms with E-state index in [0.717, 1.165) is 55.0 Å². The number of piperazine rings is 1. The highest BCUT2D eigenvalue weighted by molar-refractivity contribution is 7.13. The zero-order valence-electron chi connectivity index (χ0n) is 22.9. The van der Waals surface area contributed by atoms with Gasteiger partial charge in [0.15, 0.2) is 5.82 Å². The highest BCUT2D eigenvalue weighted by atomic mass is 32.1. The van der Waals surface area contributed by atoms with Crippen molar-refractivity contribution >= 4 is 34.7 Å². The first-order valence-corrected chi connectivity index (χ1v) is 15.5. The summed E-state index contributed by atoms with van der Waals surface area (Å²) in [5.74, 6) is 4.66. The molecular formula is C30H35N9S. The molecule has 0 aromatic carbocycles. The number of anilines is 4. The summed E-state index contributed by atoms with van der Waals surface area (Å²) in [6, 6.07) is 8.57. The number of thiophene rings is 1. The van der Waals surface area contributed by atoms with Crippen molar-refractivity contribution in [2.24, 2.45) is 5.92 Å². The molecule has 40 heavy (non-hydrogen) atoms. The number of nitrogen functional groups attached to an aromatic ring is 1. The van der Waals surface area contributed by atoms with Gasteiger partial charge in [-0.25, -0.2) is 9.97 Å². The minimum atomic E-state index is 0.320. The highest BCUT2D eigenvalue weighted by Crippen LogP contribution is 2.55. The Hall–Kier alpha value is -3.50. The molecule has 2 unspecified atom stereocenters. The van der Waals surface area contributed by atoms with E-state index < -0.39 is 0 Å². The summed E-state index contributed by atoms with van der Waals surface area (Å²) in [6.07, 6.45) is 8.39. The van der Waals surface area contributed by atoms with Crippen LogP contribution in [0.15, 0.2) is 35.8 Å². The van der Waals surface area contributed by atoms with Crippen molar-refractivity contribution in [1.82, 2.24) is 29.6 Å². The molecule has 3 N–H and O–H groups in total. The van der Waals surface area contributed by atoms with Crippen molar-refractivity contribution in [2.75, 3.05) is 48.7 Å². The van der Waals surface area contributed by atoms with Crippen LogP contribution in [0, 0.1) is 12.8 Å². The van der Waals surface area contributed by atoms with Crippen LogP contribution < -0.4 is 16.0 Å². The molecule has 4 aliphatic rings. The molecule has 0 amide bonds. The first-order chi connectivity index (χ1) is 19.6. The fourth-order valence-electron chi connectivity index (χ4n) is 6.99. The average Bonchev–Trinajstić information content (AvgIpc) is 3.37. The van der Waals surface area contributed by atoms with Crippen molar-refractivity contribution in [3.8, 4) is 16.3 Å². The summed E-state index contributed by atoms with van der Waals surface area (Å²) in [4.78, 5) is 20.7. The quantitative estimate of drug-likeness (QED) is 0.317. The van der Waals surface area contributed by atoms with Gasteiger partial charge in [-0.1, -0.05) is 6.07 Å². The van der Waals surface area contributed by atoms with Gasteiger partial charge in [0.2, 0.25) is 11.9 Å². The van der Waals surface area contributed by atoms with Gasteiger partial charge in [0.25, 0.3) is 0 Å². The molecule has 3 fully saturated rings. The Morgan fingerprint density at radius 2 is 1.90 bits per heavy atom. The van der Waals surface area contributed by atoms with Gasteiger partial charge in [-0.05, 0) is 85.6 Å². The molecule has 1 saturated heterocycles. The van der Waals surface area contributed by atoms with Gasteiger partial charge in [0, 0.05) is 49.1 Å². The predicted octanol–water partition coefficient (Wildman–Crippen LogP) is 5.32. The predicted molar refractivity (Wildman–Crippen MR) is 160 cm³/mol. The third kappa shape index (κ3) is 4.34. The molecule has 2 atom stereocenters. The third-order valence-electron chi connectivity index (χ3n) is 9.13. The zero-order chi connectivity index (χ0) is 26.8. The van der Waals surface area contributed by atoms with Crippen LogP contribution in [0.3, 0.4) is 0 Å². The van der Waals surface area contributed by atoms with E-state index in [0.29, 0.717) is 23.7 Å². The Labute approximate surface area is 238 Å². The van der Waals surface area contributed by atoms with Crippen molar-refractivity contribution in [3.05, 3.63) is 52.7 Å². The number of nitrogens with zero attached hydrogens (tertiary/aromatic N) is 7. The van der Waals surface area contributed by atoms with Crippen LogP contribution in [0.2, 0.25) is 0 Å². The van der Waals surface area contributed by atoms with Crippen LogP contribution in [0.4, 0.5) is 23.4 Å². The van der Waals surface area contributed by atoms with Gasteiger partial charge < -0.3 is 16.0 Å². The highest BCUT2D eigenvalue weighted by Gasteiger charge is 2.40. The number of rotatable bonds is 7. The molecular weight excluding hydrogens is 518 g/mol. The number of fused-ring (bicyclic) bond motifs is 5. The van der Waals surface area contributed by atoms with E-state index in [1.54, 1.807) is 16.0 Å². The fourth-order valence-corrected chi connectivity index (χ4v) is 7.74. The van der Waals surface area contributed by atoms with Crippen molar-refractivity contribution in [3.63, 3.8) is 0 Å². The van der Waals surface area contributed by atoms with Crippen LogP contribution >= 0.6 is 11.3 Å². The largest absolute Gasteiger partial charge is 0.368 e. The molecule has 1 aliphatic heterocycles. The summed E-state index contributed by atoms with van der Waals surface area (Å²) in [7, 11) is 0. The molecule has 206 valence electrons. The minimum absolute atomic E-state index is 0.320. The number of nitrogens with one attached hydrogen (secondary N) is 1. The zero-order valence-corrected chi connectivity index (χ0v) is 23.7. The second-order valence-electron chi connectivity index (χ2n) is 11.9. The number of hydrogen-bond donors (Lipinski definition) is 2. The van der Waals surface area contributed by atoms with Gasteiger partial charge >= 0.3 is 0 Å². The molecule has 4 aromatic heterocycles. The van der Waals surface area contributed by atoms with Gasteiger partial charge in [0.05, 0.1) is 17.6 Å². The Morgan fingerprint density at radius 1 is 1.05 bits per heavy atom. The lowest BCUT2D eigenvalue weighted by atomic mass is 9.91. The summed E-state index contributed by atoms with van der Waals surface area (Å²) in [5, 5.41) is 10.2. The fraction of sp³-hybridized carbons (Fsp3) is 0.467. The Kier molecular flexibility index (Phi) is 5.81. The van der Waals surface area contributed by atoms with Gasteiger partial charge in [-0.3, -0.25) is 4.90 Å². The van der Waals surface area contributed by atoms with Gasteiger partial charge in [-0.15, -0.1) is 16.4 Å². The molecule has 0 radical (unpaired) electrons. The number of nitrogens with two attached hydrogens (primary N) is 1. The molecule has 4 aromatic rings. The van der Waals surface area contributed by atoms with Crippen LogP contribution in [-0.4, -0.2) is 62.4 Å². The molecule has 2 bridgehead atoms. The van der Waals surface area contributed by atoms with Gasteiger partial charge in [-0.2, -0.15) is 9.67 Å². The smallest absolute Gasteiger partial charge is 0.248 e. The maximum absolute atomic E-state index is 6.40. The number of hydrogen-bond acceptors (Lipinski definition) is 9. The molecule has 5 heterocycles. The number of aryl methyl sites for hydroxylation is 1. The standard InChI is InChI=1S/C30H35N9S/c1-18-13-22(16-32-28(18)38-10-8-37(9-11-38)17-19-4-5-19)33-30-35-29(31)39(36-30)25-15-23(24-3-2-12-40-24)26-20-6-7-21(14-20)27(26)34-25/h2-3,12-13,15-16,19-21H,4-11,14,17H2,1H3,(H3,31,33,35,36). The molecule has 3 aliphatic carbocycles. The second kappa shape index (κ2) is 9.55. The SMILES string of the molecule is Cc1cc(Nc2nc(N)n(-c3cc(-c4cccs4)c4c(n3)C3CCC4C3)n2)cnc1N1CCN(CC2CC2)CC1. The topological polar surface area (TPSA) is 101 Å². The van der Waals surface area contributed by atoms with Crippen LogP contribution in [0.25, 0.3) is 16.3 Å². The van der Waals surface area contributed by atoms with E-state index in [1.807, 2.05) is 6.20 Å². The van der Waals surface area contributed by atoms with Crippen LogP contribution in [-0.2, 0) is 0 Å². The average molecular weight is 554 g/mol. The first kappa shape index (κ1) is 24.3. The number of pyridine rings is 2. The summed E-state index contributed by atoms with van der Waals surface area (Å²) < 4.78 is 1.67. The van der Waals surface area contributed by atoms with Crippen molar-refractivity contribution in [1.29, 1.82) is 0 Å². The Bertz CT molecular complexity index is 1550. The lowest BCUT2D eigenvalue weighted by Crippen LogP contribution is -2.47. The molecule has 8 rings (SSSR count). The Balaban J connectivity index is 1.03. The van der Waals surface area contributed by atoms with E-state index in [2.05, 4.69) is 56.7 Å². The van der Waals surface area contributed by atoms with Crippen molar-refractivity contribution < 1.29 is 0 Å². The van der Waals surface area contributed by atoms with E-state index in [4.69, 9.17) is 20.8 Å². The Morgan fingerprint density at radius 3 is 2.67 bits per heavy atom. The third-order valence-corrected chi connectivity index (χ3v) is 10.0. The summed E-state index contributed by atoms with van der Waals surface area (Å²) >= 11 is 1.77. The number of aromatic nitrogens is 5. The van der Waals surface area contributed by atoms with E-state index >= 15 is 0 Å². The van der Waals surface area contributed by atoms with E-state index in [-0.39, 0.29) is 0 Å². The minimum Gasteiger partial charge on any atom is -0.368 e. The van der Waals surface area contributed by atoms with Gasteiger partial charge in [0.1, 0.15) is 5.82 Å². The van der Waals surface area contributed by atoms with Crippen LogP contribution in [0.5, 0.6) is 0 Å². The van der Waals surface area contributed by atoms with Crippen LogP contribution in [0.1, 0.15) is 60.8 Å². The molecule has 0 spiro atoms. The van der Waals surface area contributed by atoms with E-state index in [1.165, 1.54) is 60.3 Å². The molecule has 10 heteroatoms. The molecule has 9 nitrogen and oxygen atoms in total. The lowest BCUT2D eigenvalue weighted by molar-refractivity contribution is 0.247. The maximum atomic E-state index is 6.40. The molecule has 2 saturated carbocycles.